The van der Waals surface area contributed by atoms with Crippen LogP contribution in [-0.2, 0) is 57.5 Å². The maximum absolute atomic E-state index is 14.2. The Kier molecular flexibility index (Phi) is 28.3. The largest absolute Gasteiger partial charge is 0.481 e. The Labute approximate surface area is 435 Å². The van der Waals surface area contributed by atoms with Gasteiger partial charge in [-0.25, -0.2) is 4.79 Å². The van der Waals surface area contributed by atoms with Crippen molar-refractivity contribution in [3.8, 4) is 0 Å². The lowest BCUT2D eigenvalue weighted by Crippen LogP contribution is -2.61. The van der Waals surface area contributed by atoms with E-state index in [2.05, 4.69) is 42.2 Å². The number of guanidine groups is 1. The highest BCUT2D eigenvalue weighted by Gasteiger charge is 2.41. The minimum atomic E-state index is -2.10. The van der Waals surface area contributed by atoms with E-state index in [9.17, 15) is 78.0 Å². The zero-order chi connectivity index (χ0) is 57.4. The Morgan fingerprint density at radius 1 is 0.587 bits per heavy atom. The molecule has 1 aliphatic rings. The van der Waals surface area contributed by atoms with Crippen LogP contribution in [0.4, 0.5) is 0 Å². The molecule has 0 aromatic carbocycles. The van der Waals surface area contributed by atoms with E-state index < -0.39 is 163 Å². The number of aliphatic imine (C=N–C) groups is 1. The fourth-order valence-corrected chi connectivity index (χ4v) is 7.85. The molecule has 0 unspecified atom stereocenters. The lowest BCUT2D eigenvalue weighted by Gasteiger charge is -2.31. The van der Waals surface area contributed by atoms with E-state index in [-0.39, 0.29) is 56.6 Å². The van der Waals surface area contributed by atoms with Crippen LogP contribution in [0.5, 0.6) is 0 Å². The molecule has 8 amide bonds. The second-order valence-electron chi connectivity index (χ2n) is 19.6. The summed E-state index contributed by atoms with van der Waals surface area (Å²) in [6, 6.07) is -13.5. The van der Waals surface area contributed by atoms with Gasteiger partial charge in [0.2, 0.25) is 47.3 Å². The van der Waals surface area contributed by atoms with Gasteiger partial charge in [0.05, 0.1) is 18.9 Å². The zero-order valence-corrected chi connectivity index (χ0v) is 44.0. The molecule has 0 aromatic heterocycles. The monoisotopic (exact) mass is 1070 g/mol. The Morgan fingerprint density at radius 2 is 1.07 bits per heavy atom. The molecule has 0 spiro atoms. The molecule has 28 heteroatoms. The summed E-state index contributed by atoms with van der Waals surface area (Å²) in [7, 11) is 0. The molecule has 1 heterocycles. The van der Waals surface area contributed by atoms with Crippen molar-refractivity contribution in [2.45, 2.75) is 180 Å². The van der Waals surface area contributed by atoms with Gasteiger partial charge < -0.3 is 79.7 Å². The third kappa shape index (κ3) is 22.9. The van der Waals surface area contributed by atoms with Crippen LogP contribution < -0.4 is 54.4 Å². The van der Waals surface area contributed by atoms with E-state index in [1.54, 1.807) is 48.5 Å². The van der Waals surface area contributed by atoms with Crippen LogP contribution in [0.1, 0.15) is 126 Å². The summed E-state index contributed by atoms with van der Waals surface area (Å²) in [5.41, 5.74) is 17.0. The molecule has 424 valence electrons. The van der Waals surface area contributed by atoms with Crippen LogP contribution >= 0.6 is 0 Å². The third-order valence-electron chi connectivity index (χ3n) is 12.6. The van der Waals surface area contributed by atoms with E-state index >= 15 is 0 Å². The summed E-state index contributed by atoms with van der Waals surface area (Å²) >= 11 is 0. The van der Waals surface area contributed by atoms with Crippen LogP contribution in [-0.4, -0.2) is 170 Å². The van der Waals surface area contributed by atoms with Crippen molar-refractivity contribution in [2.24, 2.45) is 45.9 Å². The predicted molar refractivity (Wildman–Crippen MR) is 268 cm³/mol. The van der Waals surface area contributed by atoms with Crippen molar-refractivity contribution in [2.75, 3.05) is 13.1 Å². The highest BCUT2D eigenvalue weighted by molar-refractivity contribution is 6.00. The normalized spacial score (nSPS) is 17.2. The fraction of sp³-hybridized carbons (Fsp3) is 0.723. The summed E-state index contributed by atoms with van der Waals surface area (Å²) in [5.74, 6) is -15.9. The molecular weight excluding hydrogens is 989 g/mol. The van der Waals surface area contributed by atoms with Gasteiger partial charge in [0.25, 0.3) is 0 Å². The number of hydrogen-bond acceptors (Lipinski definition) is 14. The van der Waals surface area contributed by atoms with Crippen molar-refractivity contribution in [3.05, 3.63) is 0 Å². The molecule has 0 aromatic rings. The number of carbonyl (C=O) groups is 12. The Morgan fingerprint density at radius 3 is 1.52 bits per heavy atom. The van der Waals surface area contributed by atoms with Gasteiger partial charge >= 0.3 is 23.9 Å². The Balaban J connectivity index is 3.58. The van der Waals surface area contributed by atoms with Crippen LogP contribution in [0, 0.1) is 23.7 Å². The first-order chi connectivity index (χ1) is 34.9. The maximum atomic E-state index is 14.2. The van der Waals surface area contributed by atoms with Gasteiger partial charge in [0, 0.05) is 19.5 Å². The van der Waals surface area contributed by atoms with Crippen molar-refractivity contribution in [1.29, 1.82) is 0 Å². The van der Waals surface area contributed by atoms with E-state index in [0.717, 1.165) is 0 Å². The number of aliphatic carboxylic acids is 4. The second-order valence-corrected chi connectivity index (χ2v) is 19.6. The van der Waals surface area contributed by atoms with Crippen molar-refractivity contribution in [3.63, 3.8) is 0 Å². The molecule has 1 aliphatic heterocycles. The number of carbonyl (C=O) groups excluding carboxylic acids is 8. The molecule has 1 saturated heterocycles. The molecule has 75 heavy (non-hydrogen) atoms. The highest BCUT2D eigenvalue weighted by Crippen LogP contribution is 2.22. The fourth-order valence-electron chi connectivity index (χ4n) is 7.85. The van der Waals surface area contributed by atoms with Crippen LogP contribution in [0.25, 0.3) is 0 Å². The van der Waals surface area contributed by atoms with E-state index in [4.69, 9.17) is 17.2 Å². The zero-order valence-electron chi connectivity index (χ0n) is 44.0. The first-order valence-electron chi connectivity index (χ1n) is 25.1. The smallest absolute Gasteiger partial charge is 0.326 e. The second kappa shape index (κ2) is 32.2. The lowest BCUT2D eigenvalue weighted by atomic mass is 9.95. The number of likely N-dealkylation sites (tertiary alicyclic amines) is 1. The van der Waals surface area contributed by atoms with Crippen molar-refractivity contribution in [1.82, 2.24) is 42.1 Å². The Bertz CT molecular complexity index is 2070. The van der Waals surface area contributed by atoms with Crippen LogP contribution in [0.15, 0.2) is 4.99 Å². The highest BCUT2D eigenvalue weighted by atomic mass is 16.4. The lowest BCUT2D eigenvalue weighted by molar-refractivity contribution is -0.146. The predicted octanol–water partition coefficient (Wildman–Crippen LogP) is -2.56. The quantitative estimate of drug-likeness (QED) is 0.0179. The van der Waals surface area contributed by atoms with Gasteiger partial charge in [-0.15, -0.1) is 0 Å². The maximum Gasteiger partial charge on any atom is 0.326 e. The number of nitrogens with zero attached hydrogens (tertiary/aromatic N) is 2. The standard InChI is InChI=1S/C47H80N12O16/c1-9-24(7)35(48)43(71)58-37(25(8)10-2)44(72)53-27(15-16-32(60)61)39(67)54-29(21-34(64)65)41(69)55-28(20-33(62)63)40(68)52-26(13-11-17-51-47(49)50)38(66)56-30(19-22(3)4)45(73)59-18-12-14-31(59)42(70)57-36(23(5)6)46(74)75/h22-31,35-37H,9-21,48H2,1-8H3,(H,52,68)(H,53,72)(H,54,67)(H,55,69)(H,56,66)(H,57,70)(H,58,71)(H,60,61)(H,62,63)(H,64,65)(H,74,75)(H4,49,50,51)/t24-,25-,26-,27-,28-,29-,30-,31-,35-,36-,37-/m0/s1. The molecule has 1 fully saturated rings. The van der Waals surface area contributed by atoms with Gasteiger partial charge in [0.15, 0.2) is 5.96 Å². The number of nitrogens with two attached hydrogens (primary N) is 3. The van der Waals surface area contributed by atoms with E-state index in [1.807, 2.05) is 6.92 Å². The summed E-state index contributed by atoms with van der Waals surface area (Å²) in [6.07, 6.45) is -2.45. The topological polar surface area (TPSA) is 464 Å². The minimum Gasteiger partial charge on any atom is -0.481 e. The van der Waals surface area contributed by atoms with Gasteiger partial charge in [-0.1, -0.05) is 68.2 Å². The number of carboxylic acids is 4. The molecule has 1 rings (SSSR count). The van der Waals surface area contributed by atoms with Gasteiger partial charge in [-0.2, -0.15) is 0 Å². The molecule has 0 aliphatic carbocycles. The molecule has 0 bridgehead atoms. The van der Waals surface area contributed by atoms with Gasteiger partial charge in [-0.05, 0) is 62.2 Å². The van der Waals surface area contributed by atoms with Crippen LogP contribution in [0.3, 0.4) is 0 Å². The molecular formula is C47H80N12O16. The third-order valence-corrected chi connectivity index (χ3v) is 12.6. The average Bonchev–Trinajstić information content (AvgIpc) is 3.82. The molecule has 11 atom stereocenters. The molecule has 28 nitrogen and oxygen atoms in total. The number of hydrogen-bond donors (Lipinski definition) is 14. The number of carboxylic acid groups (broad SMARTS) is 4. The van der Waals surface area contributed by atoms with Gasteiger partial charge in [0.1, 0.15) is 48.3 Å². The molecule has 0 radical (unpaired) electrons. The average molecular weight is 1070 g/mol. The van der Waals surface area contributed by atoms with Crippen molar-refractivity contribution >= 4 is 77.1 Å². The first kappa shape index (κ1) is 65.9. The summed E-state index contributed by atoms with van der Waals surface area (Å²) in [5, 5.41) is 55.3. The minimum absolute atomic E-state index is 0.00631. The Hall–Kier alpha value is -7.13. The summed E-state index contributed by atoms with van der Waals surface area (Å²) < 4.78 is 0. The SMILES string of the molecule is CC[C@H](C)[C@H](N)C(=O)N[C@H](C(=O)N[C@@H](CCC(=O)O)C(=O)N[C@@H](CC(=O)O)C(=O)N[C@@H](CC(=O)O)C(=O)N[C@@H](CCCN=C(N)N)C(=O)N[C@@H](CC(C)C)C(=O)N1CCC[C@H]1C(=O)N[C@H](C(=O)O)C(C)C)[C@@H](C)CC. The van der Waals surface area contributed by atoms with Crippen molar-refractivity contribution < 1.29 is 78.0 Å². The summed E-state index contributed by atoms with van der Waals surface area (Å²) in [4.78, 5) is 163. The van der Waals surface area contributed by atoms with Gasteiger partial charge in [-0.3, -0.25) is 57.7 Å². The number of amides is 8. The van der Waals surface area contributed by atoms with E-state index in [0.29, 0.717) is 19.3 Å². The summed E-state index contributed by atoms with van der Waals surface area (Å²) in [6.45, 7) is 13.6. The van der Waals surface area contributed by atoms with Crippen LogP contribution in [0.2, 0.25) is 0 Å². The van der Waals surface area contributed by atoms with E-state index in [1.165, 1.54) is 4.90 Å². The number of nitrogens with one attached hydrogen (secondary N) is 7. The first-order valence-corrected chi connectivity index (χ1v) is 25.1. The molecule has 0 saturated carbocycles. The number of rotatable bonds is 34. The molecule has 17 N–H and O–H groups in total.